The highest BCUT2D eigenvalue weighted by molar-refractivity contribution is 5.93. The number of hydrogen-bond donors (Lipinski definition) is 0. The molecule has 1 aromatic carbocycles. The molecule has 2 aliphatic rings. The van der Waals surface area contributed by atoms with E-state index in [1.165, 1.54) is 5.56 Å². The number of fused-ring (bicyclic) bond motifs is 1. The number of hydrogen-bond acceptors (Lipinski definition) is 5. The Morgan fingerprint density at radius 1 is 1.10 bits per heavy atom. The van der Waals surface area contributed by atoms with Crippen molar-refractivity contribution in [3.63, 3.8) is 0 Å². The lowest BCUT2D eigenvalue weighted by Gasteiger charge is -2.43. The van der Waals surface area contributed by atoms with Gasteiger partial charge in [0.25, 0.3) is 5.91 Å². The molecule has 1 spiro atoms. The highest BCUT2D eigenvalue weighted by Gasteiger charge is 2.38. The summed E-state index contributed by atoms with van der Waals surface area (Å²) in [5, 5.41) is 0. The first kappa shape index (κ1) is 32.4. The van der Waals surface area contributed by atoms with Crippen molar-refractivity contribution in [1.82, 2.24) is 14.8 Å². The summed E-state index contributed by atoms with van der Waals surface area (Å²) in [6, 6.07) is 10.0. The Bertz CT molecular complexity index is 1310. The molecule has 1 aliphatic carbocycles. The van der Waals surface area contributed by atoms with Crippen LogP contribution in [0.5, 0.6) is 5.75 Å². The summed E-state index contributed by atoms with van der Waals surface area (Å²) in [6.07, 6.45) is 11.5. The second kappa shape index (κ2) is 15.2. The van der Waals surface area contributed by atoms with Crippen LogP contribution < -0.4 is 4.74 Å². The maximum atomic E-state index is 12.8. The van der Waals surface area contributed by atoms with Crippen LogP contribution in [0.25, 0.3) is 5.57 Å². The standard InChI is InChI=1S/C33H39N3O4.C2H6/c1-6-10-24(7-2)23-40-32(38)36-17-15-33(16-18-36)20-25-11-13-27(39-5)19-28(25)29(21-33)26-12-14-30(34-22-26)31(37)35(8-3)9-4;1-2/h6-7,10-14,19,21-22H,1-2,8-9,15-18,20,23H2,3-5H3;1-2H3/b24-10+;. The first-order valence-corrected chi connectivity index (χ1v) is 14.9. The number of methoxy groups -OCH3 is 1. The first-order valence-electron chi connectivity index (χ1n) is 14.9. The number of likely N-dealkylation sites (tertiary alicyclic amines) is 1. The molecule has 0 unspecified atom stereocenters. The van der Waals surface area contributed by atoms with Crippen molar-refractivity contribution in [2.45, 2.75) is 47.0 Å². The molecule has 0 N–H and O–H groups in total. The van der Waals surface area contributed by atoms with Crippen molar-refractivity contribution in [2.75, 3.05) is 39.9 Å². The van der Waals surface area contributed by atoms with Crippen LogP contribution in [0.15, 0.2) is 79.6 Å². The zero-order chi connectivity index (χ0) is 30.7. The van der Waals surface area contributed by atoms with Crippen molar-refractivity contribution in [3.05, 3.63) is 102 Å². The summed E-state index contributed by atoms with van der Waals surface area (Å²) in [5.74, 6) is 0.732. The maximum absolute atomic E-state index is 12.8. The minimum absolute atomic E-state index is 0.0628. The van der Waals surface area contributed by atoms with E-state index in [-0.39, 0.29) is 24.0 Å². The molecule has 1 saturated heterocycles. The molecule has 7 nitrogen and oxygen atoms in total. The monoisotopic (exact) mass is 571 g/mol. The predicted molar refractivity (Wildman–Crippen MR) is 170 cm³/mol. The van der Waals surface area contributed by atoms with Gasteiger partial charge in [-0.1, -0.05) is 63.4 Å². The van der Waals surface area contributed by atoms with Gasteiger partial charge in [-0.2, -0.15) is 0 Å². The van der Waals surface area contributed by atoms with E-state index in [0.29, 0.717) is 31.9 Å². The average Bonchev–Trinajstić information content (AvgIpc) is 3.04. The number of amides is 2. The van der Waals surface area contributed by atoms with Gasteiger partial charge in [0.2, 0.25) is 0 Å². The number of pyridine rings is 1. The molecule has 4 rings (SSSR count). The third-order valence-corrected chi connectivity index (χ3v) is 7.92. The quantitative estimate of drug-likeness (QED) is 0.300. The van der Waals surface area contributed by atoms with Gasteiger partial charge in [0, 0.05) is 37.9 Å². The largest absolute Gasteiger partial charge is 0.497 e. The van der Waals surface area contributed by atoms with E-state index in [1.54, 1.807) is 41.3 Å². The number of ether oxygens (including phenoxy) is 2. The van der Waals surface area contributed by atoms with Crippen LogP contribution in [0.3, 0.4) is 0 Å². The summed E-state index contributed by atoms with van der Waals surface area (Å²) < 4.78 is 11.1. The van der Waals surface area contributed by atoms with E-state index in [4.69, 9.17) is 9.47 Å². The Morgan fingerprint density at radius 2 is 1.81 bits per heavy atom. The molecule has 2 amide bonds. The van der Waals surface area contributed by atoms with Crippen molar-refractivity contribution >= 4 is 17.6 Å². The lowest BCUT2D eigenvalue weighted by molar-refractivity contribution is 0.0766. The number of carbonyl (C=O) groups excluding carboxylic acids is 2. The SMILES string of the molecule is C=C/C=C(\C=C)COC(=O)N1CCC2(C=C(c3ccc(C(=O)N(CC)CC)nc3)c3cc(OC)ccc3C2)CC1.CC. The topological polar surface area (TPSA) is 72.0 Å². The van der Waals surface area contributed by atoms with Crippen LogP contribution in [-0.4, -0.2) is 66.7 Å². The van der Waals surface area contributed by atoms with Crippen LogP contribution in [0, 0.1) is 5.41 Å². The second-order valence-corrected chi connectivity index (χ2v) is 10.3. The molecule has 224 valence electrons. The Labute approximate surface area is 251 Å². The molecule has 0 bridgehead atoms. The number of nitrogens with zero attached hydrogens (tertiary/aromatic N) is 3. The van der Waals surface area contributed by atoms with Crippen molar-refractivity contribution in [2.24, 2.45) is 5.41 Å². The fraction of sp³-hybridized carbons (Fsp3) is 0.400. The highest BCUT2D eigenvalue weighted by atomic mass is 16.6. The number of carbonyl (C=O) groups is 2. The number of allylic oxidation sites excluding steroid dienone is 3. The van der Waals surface area contributed by atoms with Crippen molar-refractivity contribution < 1.29 is 19.1 Å². The minimum atomic E-state index is -0.311. The molecule has 42 heavy (non-hydrogen) atoms. The third kappa shape index (κ3) is 7.38. The van der Waals surface area contributed by atoms with E-state index in [0.717, 1.165) is 47.3 Å². The minimum Gasteiger partial charge on any atom is -0.497 e. The van der Waals surface area contributed by atoms with E-state index in [2.05, 4.69) is 36.4 Å². The van der Waals surface area contributed by atoms with Gasteiger partial charge in [-0.25, -0.2) is 4.79 Å². The number of rotatable bonds is 9. The zero-order valence-electron chi connectivity index (χ0n) is 25.8. The normalized spacial score (nSPS) is 15.4. The van der Waals surface area contributed by atoms with Gasteiger partial charge in [0.15, 0.2) is 0 Å². The van der Waals surface area contributed by atoms with Gasteiger partial charge in [-0.15, -0.1) is 0 Å². The molecule has 2 aromatic rings. The fourth-order valence-electron chi connectivity index (χ4n) is 5.51. The van der Waals surface area contributed by atoms with E-state index < -0.39 is 0 Å². The van der Waals surface area contributed by atoms with Gasteiger partial charge in [-0.3, -0.25) is 9.78 Å². The van der Waals surface area contributed by atoms with E-state index >= 15 is 0 Å². The summed E-state index contributed by atoms with van der Waals surface area (Å²) in [4.78, 5) is 33.7. The summed E-state index contributed by atoms with van der Waals surface area (Å²) in [5.41, 5.74) is 5.54. The summed E-state index contributed by atoms with van der Waals surface area (Å²) in [6.45, 7) is 18.1. The van der Waals surface area contributed by atoms with Gasteiger partial charge < -0.3 is 19.3 Å². The summed E-state index contributed by atoms with van der Waals surface area (Å²) in [7, 11) is 1.67. The molecule has 1 aromatic heterocycles. The van der Waals surface area contributed by atoms with Crippen LogP contribution >= 0.6 is 0 Å². The van der Waals surface area contributed by atoms with Gasteiger partial charge >= 0.3 is 6.09 Å². The Hall–Kier alpha value is -4.13. The molecule has 1 aliphatic heterocycles. The van der Waals surface area contributed by atoms with E-state index in [9.17, 15) is 9.59 Å². The lowest BCUT2D eigenvalue weighted by Crippen LogP contribution is -2.44. The Kier molecular flexibility index (Phi) is 11.7. The first-order chi connectivity index (χ1) is 20.4. The van der Waals surface area contributed by atoms with Gasteiger partial charge in [0.1, 0.15) is 18.1 Å². The zero-order valence-corrected chi connectivity index (χ0v) is 25.8. The van der Waals surface area contributed by atoms with Gasteiger partial charge in [0.05, 0.1) is 7.11 Å². The molecule has 7 heteroatoms. The number of piperidine rings is 1. The van der Waals surface area contributed by atoms with Crippen LogP contribution in [-0.2, 0) is 11.2 Å². The average molecular weight is 572 g/mol. The number of benzene rings is 1. The van der Waals surface area contributed by atoms with Gasteiger partial charge in [-0.05, 0) is 79.0 Å². The third-order valence-electron chi connectivity index (χ3n) is 7.92. The molecule has 2 heterocycles. The van der Waals surface area contributed by atoms with Crippen molar-refractivity contribution in [3.8, 4) is 5.75 Å². The molecular formula is C35H45N3O4. The molecular weight excluding hydrogens is 526 g/mol. The Morgan fingerprint density at radius 3 is 2.38 bits per heavy atom. The number of aromatic nitrogens is 1. The van der Waals surface area contributed by atoms with Crippen LogP contribution in [0.1, 0.15) is 67.7 Å². The smallest absolute Gasteiger partial charge is 0.410 e. The lowest BCUT2D eigenvalue weighted by atomic mass is 9.67. The highest BCUT2D eigenvalue weighted by Crippen LogP contribution is 2.46. The molecule has 1 fully saturated rings. The summed E-state index contributed by atoms with van der Waals surface area (Å²) >= 11 is 0. The van der Waals surface area contributed by atoms with E-state index in [1.807, 2.05) is 45.9 Å². The predicted octanol–water partition coefficient (Wildman–Crippen LogP) is 7.10. The Balaban J connectivity index is 0.00000237. The molecule has 0 saturated carbocycles. The second-order valence-electron chi connectivity index (χ2n) is 10.3. The van der Waals surface area contributed by atoms with Crippen LogP contribution in [0.4, 0.5) is 4.79 Å². The maximum Gasteiger partial charge on any atom is 0.410 e. The molecule has 0 radical (unpaired) electrons. The van der Waals surface area contributed by atoms with Crippen molar-refractivity contribution in [1.29, 1.82) is 0 Å². The van der Waals surface area contributed by atoms with Crippen LogP contribution in [0.2, 0.25) is 0 Å². The fourth-order valence-corrected chi connectivity index (χ4v) is 5.51. The molecule has 0 atom stereocenters.